The summed E-state index contributed by atoms with van der Waals surface area (Å²) in [5, 5.41) is 14.1. The van der Waals surface area contributed by atoms with E-state index in [0.717, 1.165) is 0 Å². The van der Waals surface area contributed by atoms with Gasteiger partial charge in [0, 0.05) is 35.3 Å². The Bertz CT molecular complexity index is 1200. The number of carbonyl (C=O) groups excluding carboxylic acids is 1. The number of pyridine rings is 1. The molecule has 0 radical (unpaired) electrons. The summed E-state index contributed by atoms with van der Waals surface area (Å²) in [5.41, 5.74) is 1.20. The van der Waals surface area contributed by atoms with Crippen LogP contribution in [0.25, 0.3) is 10.9 Å². The van der Waals surface area contributed by atoms with E-state index in [1.165, 1.54) is 48.8 Å². The minimum Gasteiger partial charge on any atom is -0.439 e. The number of hydrogen-bond donors (Lipinski definition) is 2. The lowest BCUT2D eigenvalue weighted by atomic mass is 10.1. The van der Waals surface area contributed by atoms with Gasteiger partial charge in [-0.25, -0.2) is 9.37 Å². The van der Waals surface area contributed by atoms with E-state index in [-0.39, 0.29) is 22.9 Å². The van der Waals surface area contributed by atoms with Crippen LogP contribution in [0, 0.1) is 15.9 Å². The third-order valence-electron chi connectivity index (χ3n) is 4.15. The van der Waals surface area contributed by atoms with Crippen molar-refractivity contribution >= 4 is 28.2 Å². The number of fused-ring (bicyclic) bond motifs is 1. The van der Waals surface area contributed by atoms with Gasteiger partial charge in [-0.3, -0.25) is 14.9 Å². The molecule has 2 N–H and O–H groups in total. The Hall–Kier alpha value is -4.27. The van der Waals surface area contributed by atoms with Crippen LogP contribution in [-0.4, -0.2) is 20.8 Å². The fourth-order valence-electron chi connectivity index (χ4n) is 2.75. The first-order chi connectivity index (χ1) is 14.0. The highest BCUT2D eigenvalue weighted by molar-refractivity contribution is 6.13. The lowest BCUT2D eigenvalue weighted by Gasteiger charge is -2.07. The number of aromatic nitrogens is 2. The highest BCUT2D eigenvalue weighted by Crippen LogP contribution is 2.25. The normalized spacial score (nSPS) is 10.7. The van der Waals surface area contributed by atoms with Gasteiger partial charge in [-0.15, -0.1) is 0 Å². The highest BCUT2D eigenvalue weighted by Gasteiger charge is 2.16. The highest BCUT2D eigenvalue weighted by atomic mass is 19.1. The van der Waals surface area contributed by atoms with Crippen LogP contribution in [0.4, 0.5) is 15.8 Å². The van der Waals surface area contributed by atoms with E-state index in [2.05, 4.69) is 15.3 Å². The lowest BCUT2D eigenvalue weighted by Crippen LogP contribution is -2.11. The van der Waals surface area contributed by atoms with Crippen LogP contribution in [0.5, 0.6) is 11.6 Å². The number of H-pyrrole nitrogens is 1. The molecule has 0 spiro atoms. The Kier molecular flexibility index (Phi) is 4.62. The summed E-state index contributed by atoms with van der Waals surface area (Å²) < 4.78 is 18.4. The number of carbonyl (C=O) groups is 1. The van der Waals surface area contributed by atoms with Gasteiger partial charge in [0.1, 0.15) is 11.6 Å². The van der Waals surface area contributed by atoms with Gasteiger partial charge in [0.25, 0.3) is 11.6 Å². The molecule has 2 aromatic heterocycles. The van der Waals surface area contributed by atoms with Gasteiger partial charge >= 0.3 is 0 Å². The van der Waals surface area contributed by atoms with E-state index in [9.17, 15) is 19.3 Å². The van der Waals surface area contributed by atoms with Crippen LogP contribution < -0.4 is 10.1 Å². The number of nitro benzene ring substituents is 1. The Morgan fingerprint density at radius 3 is 2.62 bits per heavy atom. The van der Waals surface area contributed by atoms with Gasteiger partial charge in [-0.2, -0.15) is 0 Å². The Labute approximate surface area is 163 Å². The Balaban J connectivity index is 1.50. The summed E-state index contributed by atoms with van der Waals surface area (Å²) in [4.78, 5) is 30.1. The zero-order valence-corrected chi connectivity index (χ0v) is 14.8. The van der Waals surface area contributed by atoms with Crippen LogP contribution in [0.2, 0.25) is 0 Å². The van der Waals surface area contributed by atoms with E-state index < -0.39 is 10.8 Å². The SMILES string of the molecule is O=C(Nc1ccc(Oc2ccc(F)cc2)nc1)c1c[nH]c2ccc([N+](=O)[O-])cc12. The fraction of sp³-hybridized carbons (Fsp3) is 0. The predicted molar refractivity (Wildman–Crippen MR) is 104 cm³/mol. The summed E-state index contributed by atoms with van der Waals surface area (Å²) in [6, 6.07) is 12.9. The van der Waals surface area contributed by atoms with Gasteiger partial charge < -0.3 is 15.0 Å². The summed E-state index contributed by atoms with van der Waals surface area (Å²) >= 11 is 0. The predicted octanol–water partition coefficient (Wildman–Crippen LogP) is 4.65. The molecule has 0 aliphatic heterocycles. The van der Waals surface area contributed by atoms with Gasteiger partial charge in [0.2, 0.25) is 5.88 Å². The fourth-order valence-corrected chi connectivity index (χ4v) is 2.75. The number of hydrogen-bond acceptors (Lipinski definition) is 5. The molecule has 4 rings (SSSR count). The monoisotopic (exact) mass is 392 g/mol. The minimum atomic E-state index is -0.516. The van der Waals surface area contributed by atoms with Crippen LogP contribution in [-0.2, 0) is 0 Å². The number of anilines is 1. The minimum absolute atomic E-state index is 0.102. The van der Waals surface area contributed by atoms with Crippen LogP contribution in [0.15, 0.2) is 67.0 Å². The van der Waals surface area contributed by atoms with Crippen LogP contribution >= 0.6 is 0 Å². The molecule has 0 saturated heterocycles. The van der Waals surface area contributed by atoms with Gasteiger partial charge in [-0.1, -0.05) is 0 Å². The molecule has 0 unspecified atom stereocenters. The van der Waals surface area contributed by atoms with Crippen molar-refractivity contribution in [2.24, 2.45) is 0 Å². The molecule has 1 amide bonds. The van der Waals surface area contributed by atoms with Gasteiger partial charge in [0.05, 0.1) is 22.4 Å². The van der Waals surface area contributed by atoms with Crippen molar-refractivity contribution < 1.29 is 18.8 Å². The molecule has 29 heavy (non-hydrogen) atoms. The van der Waals surface area contributed by atoms with E-state index >= 15 is 0 Å². The summed E-state index contributed by atoms with van der Waals surface area (Å²) in [6.07, 6.45) is 2.90. The van der Waals surface area contributed by atoms with Crippen molar-refractivity contribution in [3.05, 3.63) is 88.5 Å². The molecule has 2 aromatic carbocycles. The van der Waals surface area contributed by atoms with Crippen molar-refractivity contribution in [1.82, 2.24) is 9.97 Å². The zero-order valence-electron chi connectivity index (χ0n) is 14.8. The maximum absolute atomic E-state index is 12.9. The number of halogens is 1. The summed E-state index contributed by atoms with van der Waals surface area (Å²) in [6.45, 7) is 0. The smallest absolute Gasteiger partial charge is 0.270 e. The summed E-state index contributed by atoms with van der Waals surface area (Å²) in [5.74, 6) is -0.106. The third-order valence-corrected chi connectivity index (χ3v) is 4.15. The number of nitrogens with one attached hydrogen (secondary N) is 2. The number of benzene rings is 2. The molecular weight excluding hydrogens is 379 g/mol. The summed E-state index contributed by atoms with van der Waals surface area (Å²) in [7, 11) is 0. The number of aromatic amines is 1. The van der Waals surface area contributed by atoms with Gasteiger partial charge in [-0.05, 0) is 36.4 Å². The average molecular weight is 392 g/mol. The second-order valence-electron chi connectivity index (χ2n) is 6.08. The van der Waals surface area contributed by atoms with Crippen molar-refractivity contribution in [2.45, 2.75) is 0 Å². The van der Waals surface area contributed by atoms with Crippen molar-refractivity contribution in [3.63, 3.8) is 0 Å². The molecule has 144 valence electrons. The molecule has 4 aromatic rings. The number of ether oxygens (including phenoxy) is 1. The third kappa shape index (κ3) is 3.88. The van der Waals surface area contributed by atoms with Crippen LogP contribution in [0.1, 0.15) is 10.4 Å². The van der Waals surface area contributed by atoms with Crippen molar-refractivity contribution in [2.75, 3.05) is 5.32 Å². The standard InChI is InChI=1S/C20H13FN4O4/c21-12-1-5-15(6-2-12)29-19-8-3-13(10-23-19)24-20(26)17-11-22-18-7-4-14(25(27)28)9-16(17)18/h1-11,22H,(H,24,26). The largest absolute Gasteiger partial charge is 0.439 e. The Morgan fingerprint density at radius 1 is 1.14 bits per heavy atom. The lowest BCUT2D eigenvalue weighted by molar-refractivity contribution is -0.384. The molecule has 2 heterocycles. The second-order valence-corrected chi connectivity index (χ2v) is 6.08. The first-order valence-corrected chi connectivity index (χ1v) is 8.46. The molecule has 0 aliphatic rings. The number of rotatable bonds is 5. The Morgan fingerprint density at radius 2 is 1.93 bits per heavy atom. The molecule has 9 heteroatoms. The first-order valence-electron chi connectivity index (χ1n) is 8.46. The number of nitro groups is 1. The van der Waals surface area contributed by atoms with E-state index in [4.69, 9.17) is 4.74 Å². The second kappa shape index (κ2) is 7.39. The molecule has 8 nitrogen and oxygen atoms in total. The number of nitrogens with zero attached hydrogens (tertiary/aromatic N) is 2. The maximum Gasteiger partial charge on any atom is 0.270 e. The van der Waals surface area contributed by atoms with E-state index in [0.29, 0.717) is 22.3 Å². The van der Waals surface area contributed by atoms with Crippen molar-refractivity contribution in [1.29, 1.82) is 0 Å². The van der Waals surface area contributed by atoms with Gasteiger partial charge in [0.15, 0.2) is 0 Å². The molecule has 0 atom stereocenters. The van der Waals surface area contributed by atoms with Crippen LogP contribution in [0.3, 0.4) is 0 Å². The van der Waals surface area contributed by atoms with Crippen molar-refractivity contribution in [3.8, 4) is 11.6 Å². The molecule has 0 fully saturated rings. The molecular formula is C20H13FN4O4. The zero-order chi connectivity index (χ0) is 20.4. The maximum atomic E-state index is 12.9. The number of amides is 1. The molecule has 0 saturated carbocycles. The van der Waals surface area contributed by atoms with E-state index in [1.54, 1.807) is 18.2 Å². The topological polar surface area (TPSA) is 110 Å². The first kappa shape index (κ1) is 18.1. The number of non-ortho nitro benzene ring substituents is 1. The molecule has 0 bridgehead atoms. The quantitative estimate of drug-likeness (QED) is 0.379. The average Bonchev–Trinajstić information content (AvgIpc) is 3.14. The molecule has 0 aliphatic carbocycles. The van der Waals surface area contributed by atoms with E-state index in [1.807, 2.05) is 0 Å².